The minimum absolute atomic E-state index is 0.0233. The van der Waals surface area contributed by atoms with Crippen LogP contribution < -0.4 is 21.3 Å². The van der Waals surface area contributed by atoms with Crippen molar-refractivity contribution in [2.24, 2.45) is 10.7 Å². The van der Waals surface area contributed by atoms with Gasteiger partial charge in [-0.25, -0.2) is 0 Å². The van der Waals surface area contributed by atoms with Crippen molar-refractivity contribution >= 4 is 11.6 Å². The molecule has 0 fully saturated rings. The summed E-state index contributed by atoms with van der Waals surface area (Å²) in [5, 5.41) is 3.03. The molecular formula is C17H22N4O2. The number of pyridine rings is 1. The predicted molar refractivity (Wildman–Crippen MR) is 93.0 cm³/mol. The molecule has 0 radical (unpaired) electrons. The van der Waals surface area contributed by atoms with Crippen molar-refractivity contribution < 1.29 is 4.74 Å². The number of nitrogens with two attached hydrogens (primary N) is 1. The van der Waals surface area contributed by atoms with Crippen LogP contribution in [0.3, 0.4) is 0 Å². The van der Waals surface area contributed by atoms with E-state index in [2.05, 4.69) is 10.3 Å². The van der Waals surface area contributed by atoms with E-state index in [1.165, 1.54) is 0 Å². The third-order valence-electron chi connectivity index (χ3n) is 3.33. The third-order valence-corrected chi connectivity index (χ3v) is 3.33. The number of unbranched alkanes of at least 4 members (excludes halogenated alkanes) is 1. The van der Waals surface area contributed by atoms with Crippen molar-refractivity contribution in [2.75, 3.05) is 19.0 Å². The number of guanidine groups is 1. The Morgan fingerprint density at radius 1 is 1.26 bits per heavy atom. The molecule has 0 aliphatic carbocycles. The molecule has 0 unspecified atom stereocenters. The van der Waals surface area contributed by atoms with Crippen LogP contribution in [0.25, 0.3) is 0 Å². The fourth-order valence-electron chi connectivity index (χ4n) is 2.13. The van der Waals surface area contributed by atoms with E-state index in [0.29, 0.717) is 19.0 Å². The van der Waals surface area contributed by atoms with E-state index in [4.69, 9.17) is 10.5 Å². The maximum atomic E-state index is 11.5. The number of hydrogen-bond acceptors (Lipinski definition) is 3. The average molecular weight is 314 g/mol. The third kappa shape index (κ3) is 5.50. The first-order valence-electron chi connectivity index (χ1n) is 7.55. The number of benzene rings is 1. The van der Waals surface area contributed by atoms with Crippen LogP contribution in [-0.2, 0) is 6.54 Å². The Morgan fingerprint density at radius 2 is 2.13 bits per heavy atom. The van der Waals surface area contributed by atoms with Crippen LogP contribution in [0, 0.1) is 0 Å². The van der Waals surface area contributed by atoms with Gasteiger partial charge in [-0.15, -0.1) is 0 Å². The van der Waals surface area contributed by atoms with E-state index >= 15 is 0 Å². The molecule has 0 aliphatic rings. The molecule has 0 saturated heterocycles. The predicted octanol–water partition coefficient (Wildman–Crippen LogP) is 2.06. The number of aryl methyl sites for hydroxylation is 1. The zero-order chi connectivity index (χ0) is 16.5. The van der Waals surface area contributed by atoms with Gasteiger partial charge < -0.3 is 20.4 Å². The molecule has 1 aromatic heterocycles. The summed E-state index contributed by atoms with van der Waals surface area (Å²) in [5.41, 5.74) is 6.72. The molecule has 0 aliphatic heterocycles. The zero-order valence-corrected chi connectivity index (χ0v) is 13.2. The normalized spacial score (nSPS) is 11.3. The summed E-state index contributed by atoms with van der Waals surface area (Å²) < 4.78 is 6.85. The molecule has 3 N–H and O–H groups in total. The number of ether oxygens (including phenoxy) is 1. The van der Waals surface area contributed by atoms with Crippen LogP contribution in [0.2, 0.25) is 0 Å². The van der Waals surface area contributed by atoms with Crippen LogP contribution in [0.5, 0.6) is 5.75 Å². The molecule has 0 saturated carbocycles. The minimum Gasteiger partial charge on any atom is -0.497 e. The molecule has 0 spiro atoms. The maximum absolute atomic E-state index is 11.5. The van der Waals surface area contributed by atoms with Gasteiger partial charge in [-0.2, -0.15) is 0 Å². The molecule has 1 aromatic carbocycles. The lowest BCUT2D eigenvalue weighted by Gasteiger charge is -2.07. The summed E-state index contributed by atoms with van der Waals surface area (Å²) >= 11 is 0. The Morgan fingerprint density at radius 3 is 2.91 bits per heavy atom. The summed E-state index contributed by atoms with van der Waals surface area (Å²) in [4.78, 5) is 15.8. The van der Waals surface area contributed by atoms with Gasteiger partial charge in [-0.1, -0.05) is 12.1 Å². The van der Waals surface area contributed by atoms with Crippen molar-refractivity contribution in [1.29, 1.82) is 0 Å². The smallest absolute Gasteiger partial charge is 0.250 e. The van der Waals surface area contributed by atoms with Gasteiger partial charge >= 0.3 is 0 Å². The van der Waals surface area contributed by atoms with Crippen molar-refractivity contribution in [1.82, 2.24) is 4.57 Å². The van der Waals surface area contributed by atoms with E-state index in [1.807, 2.05) is 30.3 Å². The Labute approximate surface area is 135 Å². The van der Waals surface area contributed by atoms with E-state index in [0.717, 1.165) is 24.3 Å². The van der Waals surface area contributed by atoms with E-state index in [-0.39, 0.29) is 5.56 Å². The van der Waals surface area contributed by atoms with Gasteiger partial charge in [0.15, 0.2) is 5.96 Å². The Hall–Kier alpha value is -2.76. The van der Waals surface area contributed by atoms with Gasteiger partial charge in [0.05, 0.1) is 7.11 Å². The summed E-state index contributed by atoms with van der Waals surface area (Å²) in [7, 11) is 1.62. The standard InChI is InChI=1S/C17H22N4O2/c1-23-15-8-6-7-14(13-15)20-17(18)19-10-3-5-12-21-11-4-2-9-16(21)22/h2,4,6-9,11,13H,3,5,10,12H2,1H3,(H3,18,19,20). The second-order valence-electron chi connectivity index (χ2n) is 5.06. The number of nitrogens with one attached hydrogen (secondary N) is 1. The molecule has 0 amide bonds. The van der Waals surface area contributed by atoms with Gasteiger partial charge in [0.1, 0.15) is 5.75 Å². The number of rotatable bonds is 7. The molecule has 6 heteroatoms. The van der Waals surface area contributed by atoms with E-state index in [9.17, 15) is 4.79 Å². The monoisotopic (exact) mass is 314 g/mol. The zero-order valence-electron chi connectivity index (χ0n) is 13.2. The quantitative estimate of drug-likeness (QED) is 0.466. The highest BCUT2D eigenvalue weighted by atomic mass is 16.5. The molecule has 1 heterocycles. The molecule has 2 rings (SSSR count). The average Bonchev–Trinajstić information content (AvgIpc) is 2.56. The molecule has 0 atom stereocenters. The van der Waals surface area contributed by atoms with Crippen molar-refractivity contribution in [3.8, 4) is 5.75 Å². The first-order chi connectivity index (χ1) is 11.2. The fourth-order valence-corrected chi connectivity index (χ4v) is 2.13. The van der Waals surface area contributed by atoms with Crippen LogP contribution in [0.15, 0.2) is 58.4 Å². The lowest BCUT2D eigenvalue weighted by molar-refractivity contribution is 0.415. The summed E-state index contributed by atoms with van der Waals surface area (Å²) in [6.45, 7) is 1.31. The van der Waals surface area contributed by atoms with Gasteiger partial charge in [0, 0.05) is 37.1 Å². The molecule has 23 heavy (non-hydrogen) atoms. The fraction of sp³-hybridized carbons (Fsp3) is 0.294. The van der Waals surface area contributed by atoms with E-state index < -0.39 is 0 Å². The number of aromatic nitrogens is 1. The van der Waals surface area contributed by atoms with Crippen LogP contribution in [0.4, 0.5) is 5.69 Å². The number of methoxy groups -OCH3 is 1. The number of hydrogen-bond donors (Lipinski definition) is 2. The highest BCUT2D eigenvalue weighted by molar-refractivity contribution is 5.92. The first-order valence-corrected chi connectivity index (χ1v) is 7.55. The van der Waals surface area contributed by atoms with Gasteiger partial charge in [-0.05, 0) is 31.0 Å². The van der Waals surface area contributed by atoms with Crippen molar-refractivity contribution in [3.05, 3.63) is 59.0 Å². The van der Waals surface area contributed by atoms with Crippen LogP contribution in [0.1, 0.15) is 12.8 Å². The van der Waals surface area contributed by atoms with E-state index in [1.54, 1.807) is 30.0 Å². The number of aliphatic imine (C=N–C) groups is 1. The molecule has 2 aromatic rings. The molecular weight excluding hydrogens is 292 g/mol. The van der Waals surface area contributed by atoms with Crippen LogP contribution >= 0.6 is 0 Å². The first kappa shape index (κ1) is 16.6. The van der Waals surface area contributed by atoms with Crippen LogP contribution in [-0.4, -0.2) is 24.2 Å². The highest BCUT2D eigenvalue weighted by Crippen LogP contribution is 2.16. The summed E-state index contributed by atoms with van der Waals surface area (Å²) in [6, 6.07) is 12.7. The SMILES string of the molecule is COc1cccc(NC(N)=NCCCCn2ccccc2=O)c1. The van der Waals surface area contributed by atoms with Gasteiger partial charge in [0.2, 0.25) is 5.56 Å². The lowest BCUT2D eigenvalue weighted by atomic mass is 10.3. The topological polar surface area (TPSA) is 81.6 Å². The Balaban J connectivity index is 1.74. The second-order valence-corrected chi connectivity index (χ2v) is 5.06. The summed E-state index contributed by atoms with van der Waals surface area (Å²) in [6.07, 6.45) is 3.53. The minimum atomic E-state index is 0.0233. The number of anilines is 1. The molecule has 6 nitrogen and oxygen atoms in total. The van der Waals surface area contributed by atoms with Crippen molar-refractivity contribution in [2.45, 2.75) is 19.4 Å². The second kappa shape index (κ2) is 8.63. The largest absolute Gasteiger partial charge is 0.497 e. The van der Waals surface area contributed by atoms with Crippen molar-refractivity contribution in [3.63, 3.8) is 0 Å². The maximum Gasteiger partial charge on any atom is 0.250 e. The van der Waals surface area contributed by atoms with Gasteiger partial charge in [-0.3, -0.25) is 9.79 Å². The van der Waals surface area contributed by atoms with Gasteiger partial charge in [0.25, 0.3) is 0 Å². The molecule has 122 valence electrons. The summed E-state index contributed by atoms with van der Waals surface area (Å²) in [5.74, 6) is 1.13. The highest BCUT2D eigenvalue weighted by Gasteiger charge is 1.98. The Kier molecular flexibility index (Phi) is 6.23. The number of nitrogens with zero attached hydrogens (tertiary/aromatic N) is 2. The lowest BCUT2D eigenvalue weighted by Crippen LogP contribution is -2.23. The molecule has 0 bridgehead atoms. The Bertz CT molecular complexity index is 709.